The van der Waals surface area contributed by atoms with E-state index in [0.717, 1.165) is 6.42 Å². The second-order valence-electron chi connectivity index (χ2n) is 2.77. The van der Waals surface area contributed by atoms with Gasteiger partial charge in [-0.15, -0.1) is 0 Å². The average molecular weight is 214 g/mol. The predicted octanol–water partition coefficient (Wildman–Crippen LogP) is -1.52. The van der Waals surface area contributed by atoms with Gasteiger partial charge in [0, 0.05) is 0 Å². The van der Waals surface area contributed by atoms with Crippen LogP contribution in [0.5, 0.6) is 0 Å². The third kappa shape index (κ3) is 6.50. The van der Waals surface area contributed by atoms with Crippen LogP contribution in [0.3, 0.4) is 0 Å². The Balaban J connectivity index is 0.000000265. The molecule has 7 nitrogen and oxygen atoms in total. The lowest BCUT2D eigenvalue weighted by Gasteiger charge is -1.88. The number of carbonyl (C=O) groups is 2. The molecule has 0 aliphatic carbocycles. The van der Waals surface area contributed by atoms with Crippen LogP contribution in [0.1, 0.15) is 12.8 Å². The van der Waals surface area contributed by atoms with Crippen LogP contribution < -0.4 is 11.1 Å². The highest BCUT2D eigenvalue weighted by Crippen LogP contribution is 1.98. The zero-order valence-electron chi connectivity index (χ0n) is 8.19. The number of imide groups is 1. The molecule has 0 radical (unpaired) electrons. The van der Waals surface area contributed by atoms with Crippen molar-refractivity contribution < 1.29 is 14.7 Å². The summed E-state index contributed by atoms with van der Waals surface area (Å²) < 4.78 is 0. The van der Waals surface area contributed by atoms with E-state index in [0.29, 0.717) is 13.1 Å². The number of nitrogens with one attached hydrogen (secondary N) is 2. The molecule has 15 heavy (non-hydrogen) atoms. The molecule has 1 fully saturated rings. The number of nitrogens with zero attached hydrogens (tertiary/aromatic N) is 1. The van der Waals surface area contributed by atoms with Gasteiger partial charge in [0.25, 0.3) is 5.91 Å². The molecule has 7 heteroatoms. The van der Waals surface area contributed by atoms with Gasteiger partial charge in [-0.05, 0) is 13.0 Å². The summed E-state index contributed by atoms with van der Waals surface area (Å²) >= 11 is 0. The van der Waals surface area contributed by atoms with Gasteiger partial charge in [0.2, 0.25) is 5.91 Å². The number of aliphatic imine (C=N–C) groups is 1. The van der Waals surface area contributed by atoms with Crippen molar-refractivity contribution in [2.24, 2.45) is 10.7 Å². The van der Waals surface area contributed by atoms with E-state index in [1.54, 1.807) is 0 Å². The number of aliphatic hydroxyl groups is 1. The lowest BCUT2D eigenvalue weighted by molar-refractivity contribution is -0.127. The number of aliphatic hydroxyl groups excluding tert-OH is 1. The van der Waals surface area contributed by atoms with Crippen molar-refractivity contribution in [2.45, 2.75) is 18.9 Å². The SMILES string of the molecule is N=C=NCCCN.O=C1CC(O)C(=O)N1. The maximum Gasteiger partial charge on any atom is 0.255 e. The third-order valence-corrected chi connectivity index (χ3v) is 1.50. The van der Waals surface area contributed by atoms with E-state index in [4.69, 9.17) is 16.2 Å². The highest BCUT2D eigenvalue weighted by molar-refractivity contribution is 6.04. The van der Waals surface area contributed by atoms with E-state index in [1.807, 2.05) is 11.3 Å². The zero-order chi connectivity index (χ0) is 11.7. The molecule has 0 saturated carbocycles. The minimum absolute atomic E-state index is 0.0845. The van der Waals surface area contributed by atoms with Gasteiger partial charge in [-0.3, -0.25) is 14.9 Å². The van der Waals surface area contributed by atoms with E-state index in [2.05, 4.69) is 4.99 Å². The summed E-state index contributed by atoms with van der Waals surface area (Å²) in [6.45, 7) is 1.28. The molecule has 2 amide bonds. The number of nitrogens with two attached hydrogens (primary N) is 1. The Bertz CT molecular complexity index is 273. The molecule has 1 aliphatic rings. The fourth-order valence-corrected chi connectivity index (χ4v) is 0.766. The molecule has 0 aromatic carbocycles. The number of amides is 2. The normalized spacial score (nSPS) is 18.7. The van der Waals surface area contributed by atoms with Crippen molar-refractivity contribution in [3.8, 4) is 0 Å². The van der Waals surface area contributed by atoms with E-state index in [1.165, 1.54) is 0 Å². The first-order chi connectivity index (χ1) is 7.11. The van der Waals surface area contributed by atoms with Gasteiger partial charge >= 0.3 is 0 Å². The Hall–Kier alpha value is -1.56. The first kappa shape index (κ1) is 13.4. The monoisotopic (exact) mass is 214 g/mol. The summed E-state index contributed by atoms with van der Waals surface area (Å²) in [5, 5.41) is 16.8. The Kier molecular flexibility index (Phi) is 7.00. The van der Waals surface area contributed by atoms with Crippen LogP contribution in [-0.4, -0.2) is 42.1 Å². The Morgan fingerprint density at radius 1 is 1.67 bits per heavy atom. The maximum atomic E-state index is 10.2. The summed E-state index contributed by atoms with van der Waals surface area (Å²) in [4.78, 5) is 23.9. The van der Waals surface area contributed by atoms with Crippen LogP contribution in [0.15, 0.2) is 4.99 Å². The van der Waals surface area contributed by atoms with Crippen LogP contribution >= 0.6 is 0 Å². The Morgan fingerprint density at radius 2 is 2.33 bits per heavy atom. The number of hydrogen-bond acceptors (Lipinski definition) is 6. The van der Waals surface area contributed by atoms with Crippen LogP contribution in [-0.2, 0) is 9.59 Å². The summed E-state index contributed by atoms with van der Waals surface area (Å²) in [5.74, 6) is -0.988. The Morgan fingerprint density at radius 3 is 2.60 bits per heavy atom. The quantitative estimate of drug-likeness (QED) is 0.258. The Labute approximate surface area is 86.9 Å². The topological polar surface area (TPSA) is 129 Å². The summed E-state index contributed by atoms with van der Waals surface area (Å²) in [7, 11) is 0. The van der Waals surface area contributed by atoms with E-state index in [-0.39, 0.29) is 6.42 Å². The molecule has 0 aromatic heterocycles. The first-order valence-corrected chi connectivity index (χ1v) is 4.42. The maximum absolute atomic E-state index is 10.2. The van der Waals surface area contributed by atoms with Crippen molar-refractivity contribution in [1.82, 2.24) is 5.32 Å². The molecule has 1 aliphatic heterocycles. The number of hydrogen-bond donors (Lipinski definition) is 4. The smallest absolute Gasteiger partial charge is 0.255 e. The molecular formula is C8H14N4O3. The molecule has 1 unspecified atom stereocenters. The van der Waals surface area contributed by atoms with Gasteiger partial charge in [-0.1, -0.05) is 0 Å². The molecule has 0 aromatic rings. The van der Waals surface area contributed by atoms with Crippen LogP contribution in [0, 0.1) is 5.41 Å². The largest absolute Gasteiger partial charge is 0.383 e. The van der Waals surface area contributed by atoms with Gasteiger partial charge in [0.05, 0.1) is 19.0 Å². The molecular weight excluding hydrogens is 200 g/mol. The van der Waals surface area contributed by atoms with E-state index in [9.17, 15) is 9.59 Å². The summed E-state index contributed by atoms with van der Waals surface area (Å²) in [5.41, 5.74) is 5.12. The average Bonchev–Trinajstić information content (AvgIpc) is 2.46. The summed E-state index contributed by atoms with van der Waals surface area (Å²) in [6, 6.07) is 1.92. The lowest BCUT2D eigenvalue weighted by Crippen LogP contribution is -2.24. The van der Waals surface area contributed by atoms with Crippen LogP contribution in [0.4, 0.5) is 0 Å². The van der Waals surface area contributed by atoms with Crippen molar-refractivity contribution in [3.05, 3.63) is 0 Å². The first-order valence-electron chi connectivity index (χ1n) is 4.42. The highest BCUT2D eigenvalue weighted by Gasteiger charge is 2.27. The fourth-order valence-electron chi connectivity index (χ4n) is 0.766. The molecule has 1 saturated heterocycles. The number of carbonyl (C=O) groups excluding carboxylic acids is 2. The van der Waals surface area contributed by atoms with Gasteiger partial charge in [-0.25, -0.2) is 10.4 Å². The molecule has 0 bridgehead atoms. The molecule has 0 spiro atoms. The minimum atomic E-state index is -1.11. The van der Waals surface area contributed by atoms with Crippen LogP contribution in [0.2, 0.25) is 0 Å². The lowest BCUT2D eigenvalue weighted by atomic mass is 10.3. The van der Waals surface area contributed by atoms with Crippen molar-refractivity contribution in [2.75, 3.05) is 13.1 Å². The molecule has 1 atom stereocenters. The second kappa shape index (κ2) is 7.81. The van der Waals surface area contributed by atoms with Crippen LogP contribution in [0.25, 0.3) is 0 Å². The van der Waals surface area contributed by atoms with Gasteiger partial charge in [-0.2, -0.15) is 0 Å². The van der Waals surface area contributed by atoms with Gasteiger partial charge < -0.3 is 10.8 Å². The van der Waals surface area contributed by atoms with Gasteiger partial charge in [0.15, 0.2) is 0 Å². The van der Waals surface area contributed by atoms with Crippen molar-refractivity contribution >= 4 is 17.8 Å². The van der Waals surface area contributed by atoms with E-state index >= 15 is 0 Å². The molecule has 84 valence electrons. The molecule has 1 heterocycles. The standard InChI is InChI=1S/C4H9N3.C4H5NO3/c5-2-1-3-7-4-6;6-2-1-3(7)5-4(2)8/h6H,1-3,5H2;2,6H,1H2,(H,5,7,8). The highest BCUT2D eigenvalue weighted by atomic mass is 16.3. The van der Waals surface area contributed by atoms with Crippen molar-refractivity contribution in [3.63, 3.8) is 0 Å². The second-order valence-corrected chi connectivity index (χ2v) is 2.77. The fraction of sp³-hybridized carbons (Fsp3) is 0.625. The molecule has 5 N–H and O–H groups in total. The summed E-state index contributed by atoms with van der Waals surface area (Å²) in [6.07, 6.45) is -0.340. The van der Waals surface area contributed by atoms with Crippen molar-refractivity contribution in [1.29, 1.82) is 5.41 Å². The molecule has 1 rings (SSSR count). The number of rotatable bonds is 3. The zero-order valence-corrected chi connectivity index (χ0v) is 8.19. The van der Waals surface area contributed by atoms with Gasteiger partial charge in [0.1, 0.15) is 6.10 Å². The minimum Gasteiger partial charge on any atom is -0.383 e. The van der Waals surface area contributed by atoms with E-state index < -0.39 is 17.9 Å². The predicted molar refractivity (Wildman–Crippen MR) is 52.5 cm³/mol. The third-order valence-electron chi connectivity index (χ3n) is 1.50.